The van der Waals surface area contributed by atoms with E-state index >= 15 is 0 Å². The maximum Gasteiger partial charge on any atom is 0.166 e. The molecule has 0 saturated heterocycles. The van der Waals surface area contributed by atoms with E-state index in [0.29, 0.717) is 23.0 Å². The molecule has 0 spiro atoms. The van der Waals surface area contributed by atoms with Crippen molar-refractivity contribution in [1.82, 2.24) is 19.5 Å². The quantitative estimate of drug-likeness (QED) is 0.186. The van der Waals surface area contributed by atoms with Gasteiger partial charge in [0.05, 0.1) is 22.7 Å². The number of fused-ring (bicyclic) bond motifs is 5. The molecule has 5 heteroatoms. The van der Waals surface area contributed by atoms with Crippen molar-refractivity contribution in [2.24, 2.45) is 17.8 Å². The molecule has 244 valence electrons. The summed E-state index contributed by atoms with van der Waals surface area (Å²) in [7, 11) is 0. The Morgan fingerprint density at radius 2 is 1.30 bits per heavy atom. The number of hydrogen-bond donors (Lipinski definition) is 0. The van der Waals surface area contributed by atoms with E-state index < -0.39 is 0 Å². The van der Waals surface area contributed by atoms with Crippen LogP contribution in [0.5, 0.6) is 0 Å². The number of nitrogens with zero attached hydrogens (tertiary/aromatic N) is 5. The molecule has 2 saturated carbocycles. The van der Waals surface area contributed by atoms with Crippen LogP contribution in [0.25, 0.3) is 61.7 Å². The lowest BCUT2D eigenvalue weighted by atomic mass is 9.54. The van der Waals surface area contributed by atoms with Gasteiger partial charge >= 0.3 is 0 Å². The minimum Gasteiger partial charge on any atom is -0.308 e. The molecule has 0 aliphatic heterocycles. The van der Waals surface area contributed by atoms with Gasteiger partial charge in [0.25, 0.3) is 0 Å². The van der Waals surface area contributed by atoms with E-state index in [9.17, 15) is 5.26 Å². The molecule has 7 aromatic rings. The van der Waals surface area contributed by atoms with Crippen LogP contribution in [0.3, 0.4) is 0 Å². The third kappa shape index (κ3) is 5.18. The highest BCUT2D eigenvalue weighted by Gasteiger charge is 2.45. The Hall–Kier alpha value is -5.60. The fraction of sp³-hybridized carbons (Fsp3) is 0.244. The smallest absolute Gasteiger partial charge is 0.166 e. The van der Waals surface area contributed by atoms with Crippen molar-refractivity contribution in [2.45, 2.75) is 51.4 Å². The molecule has 5 nitrogen and oxygen atoms in total. The first-order valence-corrected chi connectivity index (χ1v) is 17.9. The fourth-order valence-electron chi connectivity index (χ4n) is 9.55. The number of para-hydroxylation sites is 2. The second-order valence-electron chi connectivity index (χ2n) is 14.9. The number of hydrogen-bond acceptors (Lipinski definition) is 4. The van der Waals surface area contributed by atoms with Crippen LogP contribution in [0.15, 0.2) is 121 Å². The van der Waals surface area contributed by atoms with Gasteiger partial charge < -0.3 is 4.57 Å². The molecular weight excluding hydrogens is 611 g/mol. The lowest BCUT2D eigenvalue weighted by molar-refractivity contribution is 0.0781. The Morgan fingerprint density at radius 3 is 2.04 bits per heavy atom. The Labute approximate surface area is 293 Å². The van der Waals surface area contributed by atoms with Crippen LogP contribution in [0.4, 0.5) is 0 Å². The highest BCUT2D eigenvalue weighted by atomic mass is 15.0. The number of aromatic nitrogens is 4. The molecule has 4 atom stereocenters. The predicted octanol–water partition coefficient (Wildman–Crippen LogP) is 10.9. The molecule has 0 radical (unpaired) electrons. The maximum absolute atomic E-state index is 9.67. The minimum atomic E-state index is 0.223. The van der Waals surface area contributed by atoms with Gasteiger partial charge in [-0.05, 0) is 97.2 Å². The summed E-state index contributed by atoms with van der Waals surface area (Å²) in [4.78, 5) is 15.2. The van der Waals surface area contributed by atoms with E-state index in [0.717, 1.165) is 45.6 Å². The van der Waals surface area contributed by atoms with Crippen molar-refractivity contribution in [3.05, 3.63) is 132 Å². The lowest BCUT2D eigenvalue weighted by Crippen LogP contribution is -2.42. The van der Waals surface area contributed by atoms with E-state index in [2.05, 4.69) is 91.2 Å². The summed E-state index contributed by atoms with van der Waals surface area (Å²) in [6.45, 7) is 4.93. The lowest BCUT2D eigenvalue weighted by Gasteiger charge is -2.50. The third-order valence-electron chi connectivity index (χ3n) is 11.2. The molecule has 5 aromatic carbocycles. The van der Waals surface area contributed by atoms with E-state index in [4.69, 9.17) is 15.0 Å². The van der Waals surface area contributed by atoms with Gasteiger partial charge in [0.1, 0.15) is 0 Å². The second-order valence-corrected chi connectivity index (χ2v) is 14.9. The van der Waals surface area contributed by atoms with Crippen LogP contribution >= 0.6 is 0 Å². The van der Waals surface area contributed by atoms with Crippen molar-refractivity contribution in [3.63, 3.8) is 0 Å². The Morgan fingerprint density at radius 1 is 0.640 bits per heavy atom. The molecule has 2 aliphatic rings. The SMILES string of the molecule is C[C@@H]1CC2C[C@H](C)CC(c3ccc4c5cccc(-c6nc(-c7ccccc7)nc(-c7cccc(C#N)c7)n6)c5n(-c5ccccc5)c4c3)(C2)C1. The summed E-state index contributed by atoms with van der Waals surface area (Å²) < 4.78 is 2.43. The second kappa shape index (κ2) is 12.1. The summed E-state index contributed by atoms with van der Waals surface area (Å²) in [5, 5.41) is 12.1. The highest BCUT2D eigenvalue weighted by molar-refractivity contribution is 6.13. The topological polar surface area (TPSA) is 67.4 Å². The average Bonchev–Trinajstić information content (AvgIpc) is 3.49. The van der Waals surface area contributed by atoms with Gasteiger partial charge in [-0.25, -0.2) is 15.0 Å². The number of benzene rings is 5. The summed E-state index contributed by atoms with van der Waals surface area (Å²) in [6, 6.07) is 44.3. The summed E-state index contributed by atoms with van der Waals surface area (Å²) in [5.41, 5.74) is 8.33. The molecule has 0 N–H and O–H groups in total. The molecule has 2 fully saturated rings. The maximum atomic E-state index is 9.67. The normalized spacial score (nSPS) is 21.7. The Kier molecular flexibility index (Phi) is 7.35. The van der Waals surface area contributed by atoms with Gasteiger partial charge in [-0.2, -0.15) is 5.26 Å². The summed E-state index contributed by atoms with van der Waals surface area (Å²) in [6.07, 6.45) is 6.55. The van der Waals surface area contributed by atoms with Crippen molar-refractivity contribution in [3.8, 4) is 45.9 Å². The monoisotopic (exact) mass is 649 g/mol. The van der Waals surface area contributed by atoms with Gasteiger partial charge in [-0.3, -0.25) is 0 Å². The van der Waals surface area contributed by atoms with Crippen molar-refractivity contribution in [1.29, 1.82) is 5.26 Å². The first-order chi connectivity index (χ1) is 24.5. The van der Waals surface area contributed by atoms with Crippen LogP contribution in [-0.2, 0) is 5.41 Å². The van der Waals surface area contributed by atoms with E-state index in [-0.39, 0.29) is 5.41 Å². The zero-order valence-electron chi connectivity index (χ0n) is 28.6. The number of nitriles is 1. The standard InChI is InChI=1S/C45H39N5/c1-29-21-32-22-30(2)26-45(25-29,27-32)35-19-20-37-38-17-10-18-39(41(38)50(40(37)24-35)36-15-7-4-8-16-36)44-48-42(33-12-5-3-6-13-33)47-43(49-44)34-14-9-11-31(23-34)28-46/h3-20,23-24,29-30,32H,21-22,25-27H2,1-2H3/t29-,30+,32?,45?. The van der Waals surface area contributed by atoms with Crippen LogP contribution < -0.4 is 0 Å². The van der Waals surface area contributed by atoms with Gasteiger partial charge in [0, 0.05) is 33.2 Å². The summed E-state index contributed by atoms with van der Waals surface area (Å²) in [5.74, 6) is 4.05. The molecule has 2 aliphatic carbocycles. The molecular formula is C45H39N5. The molecule has 0 amide bonds. The first-order valence-electron chi connectivity index (χ1n) is 17.9. The predicted molar refractivity (Wildman–Crippen MR) is 202 cm³/mol. The Balaban J connectivity index is 1.31. The van der Waals surface area contributed by atoms with Crippen molar-refractivity contribution >= 4 is 21.8 Å². The van der Waals surface area contributed by atoms with Crippen LogP contribution in [0.1, 0.15) is 57.1 Å². The Bertz CT molecular complexity index is 2400. The van der Waals surface area contributed by atoms with E-state index in [1.54, 1.807) is 6.07 Å². The van der Waals surface area contributed by atoms with Crippen LogP contribution in [0.2, 0.25) is 0 Å². The third-order valence-corrected chi connectivity index (χ3v) is 11.2. The zero-order chi connectivity index (χ0) is 33.8. The van der Waals surface area contributed by atoms with Crippen LogP contribution in [0, 0.1) is 29.1 Å². The largest absolute Gasteiger partial charge is 0.308 e. The van der Waals surface area contributed by atoms with Gasteiger partial charge in [-0.15, -0.1) is 0 Å². The van der Waals surface area contributed by atoms with E-state index in [1.165, 1.54) is 54.0 Å². The molecule has 2 aromatic heterocycles. The first kappa shape index (κ1) is 30.5. The van der Waals surface area contributed by atoms with Crippen molar-refractivity contribution in [2.75, 3.05) is 0 Å². The summed E-state index contributed by atoms with van der Waals surface area (Å²) >= 11 is 0. The fourth-order valence-corrected chi connectivity index (χ4v) is 9.55. The van der Waals surface area contributed by atoms with Crippen LogP contribution in [-0.4, -0.2) is 19.5 Å². The molecule has 50 heavy (non-hydrogen) atoms. The molecule has 2 heterocycles. The number of rotatable bonds is 5. The minimum absolute atomic E-state index is 0.223. The van der Waals surface area contributed by atoms with E-state index in [1.807, 2.05) is 48.5 Å². The zero-order valence-corrected chi connectivity index (χ0v) is 28.6. The molecule has 2 bridgehead atoms. The molecule has 9 rings (SSSR count). The van der Waals surface area contributed by atoms with Gasteiger partial charge in [0.15, 0.2) is 17.5 Å². The molecule has 2 unspecified atom stereocenters. The van der Waals surface area contributed by atoms with Crippen molar-refractivity contribution < 1.29 is 0 Å². The van der Waals surface area contributed by atoms with Gasteiger partial charge in [0.2, 0.25) is 0 Å². The highest BCUT2D eigenvalue weighted by Crippen LogP contribution is 2.54. The average molecular weight is 650 g/mol. The van der Waals surface area contributed by atoms with Gasteiger partial charge in [-0.1, -0.05) is 98.8 Å².